The first-order valence-electron chi connectivity index (χ1n) is 15.0. The van der Waals surface area contributed by atoms with Gasteiger partial charge in [0.15, 0.2) is 0 Å². The van der Waals surface area contributed by atoms with Crippen molar-refractivity contribution in [3.63, 3.8) is 0 Å². The molecular formula is C31H41BrF3N5O5Si. The van der Waals surface area contributed by atoms with Crippen LogP contribution < -0.4 is 5.32 Å². The third-order valence-electron chi connectivity index (χ3n) is 7.39. The van der Waals surface area contributed by atoms with Crippen molar-refractivity contribution in [2.75, 3.05) is 32.1 Å². The van der Waals surface area contributed by atoms with Crippen LogP contribution in [0, 0.1) is 5.92 Å². The highest BCUT2D eigenvalue weighted by Gasteiger charge is 2.39. The molecule has 252 valence electrons. The predicted molar refractivity (Wildman–Crippen MR) is 175 cm³/mol. The molecule has 0 aliphatic carbocycles. The van der Waals surface area contributed by atoms with E-state index in [1.807, 2.05) is 6.07 Å². The number of benzene rings is 1. The molecule has 1 N–H and O–H groups in total. The Balaban J connectivity index is 1.70. The number of likely N-dealkylation sites (tertiary alicyclic amines) is 1. The number of carbonyl (C=O) groups is 2. The molecule has 10 nitrogen and oxygen atoms in total. The molecule has 4 rings (SSSR count). The summed E-state index contributed by atoms with van der Waals surface area (Å²) in [5.74, 6) is -1.28. The van der Waals surface area contributed by atoms with Crippen LogP contribution in [0.1, 0.15) is 32.8 Å². The zero-order valence-corrected chi connectivity index (χ0v) is 29.7. The quantitative estimate of drug-likeness (QED) is 0.138. The smallest absolute Gasteiger partial charge is 0.419 e. The number of nitrogens with zero attached hydrogens (tertiary/aromatic N) is 4. The molecule has 1 aliphatic heterocycles. The van der Waals surface area contributed by atoms with Crippen LogP contribution in [0.25, 0.3) is 22.2 Å². The highest BCUT2D eigenvalue weighted by atomic mass is 79.9. The molecule has 0 bridgehead atoms. The van der Waals surface area contributed by atoms with E-state index in [4.69, 9.17) is 14.2 Å². The van der Waals surface area contributed by atoms with E-state index in [1.165, 1.54) is 12.0 Å². The Hall–Kier alpha value is -3.17. The number of aromatic nitrogens is 3. The second-order valence-electron chi connectivity index (χ2n) is 13.7. The maximum absolute atomic E-state index is 14.4. The Bertz CT molecular complexity index is 1570. The zero-order chi connectivity index (χ0) is 34.0. The number of alkyl halides is 3. The number of carbonyl (C=O) groups excluding carboxylic acids is 2. The first kappa shape index (κ1) is 35.7. The Morgan fingerprint density at radius 2 is 1.87 bits per heavy atom. The van der Waals surface area contributed by atoms with E-state index >= 15 is 0 Å². The minimum atomic E-state index is -4.74. The molecule has 3 aromatic rings. The maximum Gasteiger partial charge on any atom is 0.419 e. The SMILES string of the molecule is COC(=O)[C@@H]1C[C@H](Nc2ncc(C(F)(F)F)c(-c3cn(COCC[Si](C)(C)C)c4cc(Br)ccc34)n2)CN(C(=O)OC(C)(C)C)C1. The normalized spacial score (nSPS) is 17.7. The van der Waals surface area contributed by atoms with Crippen LogP contribution in [-0.2, 0) is 31.9 Å². The summed E-state index contributed by atoms with van der Waals surface area (Å²) in [5.41, 5.74) is -1.12. The van der Waals surface area contributed by atoms with Crippen LogP contribution in [0.3, 0.4) is 0 Å². The van der Waals surface area contributed by atoms with Crippen molar-refractivity contribution in [1.82, 2.24) is 19.4 Å². The van der Waals surface area contributed by atoms with Crippen LogP contribution in [-0.4, -0.2) is 78.0 Å². The Morgan fingerprint density at radius 1 is 1.15 bits per heavy atom. The van der Waals surface area contributed by atoms with Gasteiger partial charge < -0.3 is 29.0 Å². The fourth-order valence-electron chi connectivity index (χ4n) is 5.17. The molecule has 0 spiro atoms. The predicted octanol–water partition coefficient (Wildman–Crippen LogP) is 7.40. The highest BCUT2D eigenvalue weighted by molar-refractivity contribution is 9.10. The summed E-state index contributed by atoms with van der Waals surface area (Å²) in [6, 6.07) is 5.70. The topological polar surface area (TPSA) is 108 Å². The van der Waals surface area contributed by atoms with Gasteiger partial charge in [-0.25, -0.2) is 14.8 Å². The summed E-state index contributed by atoms with van der Waals surface area (Å²) >= 11 is 3.47. The maximum atomic E-state index is 14.4. The number of amides is 1. The Labute approximate surface area is 276 Å². The average molecular weight is 729 g/mol. The number of halogens is 4. The molecule has 2 aromatic heterocycles. The van der Waals surface area contributed by atoms with Gasteiger partial charge in [0.1, 0.15) is 17.9 Å². The minimum Gasteiger partial charge on any atom is -0.469 e. The number of hydrogen-bond acceptors (Lipinski definition) is 8. The van der Waals surface area contributed by atoms with E-state index in [2.05, 4.69) is 50.9 Å². The highest BCUT2D eigenvalue weighted by Crippen LogP contribution is 2.40. The van der Waals surface area contributed by atoms with E-state index < -0.39 is 49.4 Å². The summed E-state index contributed by atoms with van der Waals surface area (Å²) in [6.07, 6.45) is -2.74. The van der Waals surface area contributed by atoms with Crippen LogP contribution >= 0.6 is 15.9 Å². The van der Waals surface area contributed by atoms with Gasteiger partial charge in [-0.3, -0.25) is 4.79 Å². The van der Waals surface area contributed by atoms with Crippen molar-refractivity contribution in [2.45, 2.75) is 77.4 Å². The number of hydrogen-bond donors (Lipinski definition) is 1. The van der Waals surface area contributed by atoms with Gasteiger partial charge in [0.05, 0.1) is 24.2 Å². The molecular weight excluding hydrogens is 687 g/mol. The van der Waals surface area contributed by atoms with Gasteiger partial charge in [-0.1, -0.05) is 41.6 Å². The van der Waals surface area contributed by atoms with Gasteiger partial charge in [-0.15, -0.1) is 0 Å². The molecule has 15 heteroatoms. The van der Waals surface area contributed by atoms with E-state index in [9.17, 15) is 22.8 Å². The van der Waals surface area contributed by atoms with Crippen LogP contribution in [0.4, 0.5) is 23.9 Å². The Morgan fingerprint density at radius 3 is 2.50 bits per heavy atom. The molecule has 2 atom stereocenters. The van der Waals surface area contributed by atoms with Crippen LogP contribution in [0.2, 0.25) is 25.7 Å². The number of anilines is 1. The summed E-state index contributed by atoms with van der Waals surface area (Å²) < 4.78 is 62.0. The molecule has 3 heterocycles. The minimum absolute atomic E-state index is 0.0768. The Kier molecular flexibility index (Phi) is 10.8. The number of piperidine rings is 1. The molecule has 0 radical (unpaired) electrons. The lowest BCUT2D eigenvalue weighted by Crippen LogP contribution is -2.52. The van der Waals surface area contributed by atoms with Crippen molar-refractivity contribution in [1.29, 1.82) is 0 Å². The lowest BCUT2D eigenvalue weighted by molar-refractivity contribution is -0.147. The van der Waals surface area contributed by atoms with Gasteiger partial charge in [-0.2, -0.15) is 13.2 Å². The monoisotopic (exact) mass is 727 g/mol. The first-order valence-corrected chi connectivity index (χ1v) is 19.5. The average Bonchev–Trinajstić information content (AvgIpc) is 3.30. The first-order chi connectivity index (χ1) is 21.3. The van der Waals surface area contributed by atoms with Gasteiger partial charge in [0.2, 0.25) is 5.95 Å². The van der Waals surface area contributed by atoms with Crippen molar-refractivity contribution in [2.24, 2.45) is 5.92 Å². The standard InChI is InChI=1S/C31H41BrF3N5O5Si/c1-30(2,3)45-29(42)39-15-19(27(41)43-4)12-21(16-39)37-28-36-14-24(31(33,34)35)26(38-28)23-17-40(18-44-10-11-46(5,6)7)25-13-20(32)8-9-22(23)25/h8-9,13-14,17,19,21H,10-12,15-16,18H2,1-7H3,(H,36,37,38)/t19-,21+/m1/s1. The van der Waals surface area contributed by atoms with Crippen molar-refractivity contribution < 1.29 is 37.0 Å². The number of methoxy groups -OCH3 is 1. The van der Waals surface area contributed by atoms with E-state index in [-0.39, 0.29) is 43.4 Å². The summed E-state index contributed by atoms with van der Waals surface area (Å²) in [6.45, 7) is 12.8. The summed E-state index contributed by atoms with van der Waals surface area (Å²) in [4.78, 5) is 35.2. The summed E-state index contributed by atoms with van der Waals surface area (Å²) in [7, 11) is -0.0797. The molecule has 1 amide bonds. The van der Waals surface area contributed by atoms with Crippen molar-refractivity contribution >= 4 is 52.9 Å². The van der Waals surface area contributed by atoms with Crippen molar-refractivity contribution in [3.8, 4) is 11.3 Å². The van der Waals surface area contributed by atoms with Gasteiger partial charge in [0, 0.05) is 61.6 Å². The van der Waals surface area contributed by atoms with Gasteiger partial charge >= 0.3 is 18.2 Å². The van der Waals surface area contributed by atoms with Crippen LogP contribution in [0.15, 0.2) is 35.1 Å². The van der Waals surface area contributed by atoms with Gasteiger partial charge in [-0.05, 0) is 45.4 Å². The van der Waals surface area contributed by atoms with E-state index in [0.29, 0.717) is 17.5 Å². The number of esters is 1. The largest absolute Gasteiger partial charge is 0.469 e. The molecule has 46 heavy (non-hydrogen) atoms. The second kappa shape index (κ2) is 13.9. The third kappa shape index (κ3) is 9.22. The second-order valence-corrected chi connectivity index (χ2v) is 20.2. The van der Waals surface area contributed by atoms with Crippen molar-refractivity contribution in [3.05, 3.63) is 40.6 Å². The number of ether oxygens (including phenoxy) is 3. The molecule has 0 saturated carbocycles. The van der Waals surface area contributed by atoms with Crippen LogP contribution in [0.5, 0.6) is 0 Å². The number of fused-ring (bicyclic) bond motifs is 1. The number of rotatable bonds is 9. The molecule has 1 fully saturated rings. The fraction of sp³-hybridized carbons (Fsp3) is 0.548. The zero-order valence-electron chi connectivity index (χ0n) is 27.1. The van der Waals surface area contributed by atoms with E-state index in [1.54, 1.807) is 43.7 Å². The van der Waals surface area contributed by atoms with E-state index in [0.717, 1.165) is 16.7 Å². The fourth-order valence-corrected chi connectivity index (χ4v) is 6.27. The lowest BCUT2D eigenvalue weighted by atomic mass is 9.94. The molecule has 1 aliphatic rings. The molecule has 1 saturated heterocycles. The summed E-state index contributed by atoms with van der Waals surface area (Å²) in [5, 5.41) is 3.63. The third-order valence-corrected chi connectivity index (χ3v) is 9.59. The van der Waals surface area contributed by atoms with Gasteiger partial charge in [0.25, 0.3) is 0 Å². The number of nitrogens with one attached hydrogen (secondary N) is 1. The molecule has 0 unspecified atom stereocenters. The lowest BCUT2D eigenvalue weighted by Gasteiger charge is -2.37. The molecule has 1 aromatic carbocycles.